The van der Waals surface area contributed by atoms with Gasteiger partial charge in [-0.15, -0.1) is 5.10 Å². The second-order valence-corrected chi connectivity index (χ2v) is 2.94. The van der Waals surface area contributed by atoms with E-state index in [0.717, 1.165) is 0 Å². The molecule has 0 fully saturated rings. The highest BCUT2D eigenvalue weighted by Gasteiger charge is 2.16. The Hall–Kier alpha value is -2.45. The van der Waals surface area contributed by atoms with Crippen LogP contribution in [0.5, 0.6) is 0 Å². The number of halogens is 3. The first-order chi connectivity index (χ1) is 8.08. The van der Waals surface area contributed by atoms with Crippen LogP contribution in [0.4, 0.5) is 19.1 Å². The van der Waals surface area contributed by atoms with Gasteiger partial charge < -0.3 is 0 Å². The summed E-state index contributed by atoms with van der Waals surface area (Å²) in [6.45, 7) is 0. The first kappa shape index (κ1) is 11.0. The lowest BCUT2D eigenvalue weighted by Gasteiger charge is -2.02. The average Bonchev–Trinajstić information content (AvgIpc) is 2.77. The number of tetrazole rings is 1. The summed E-state index contributed by atoms with van der Waals surface area (Å²) in [4.78, 5) is 11.4. The zero-order valence-corrected chi connectivity index (χ0v) is 8.04. The van der Waals surface area contributed by atoms with Gasteiger partial charge in [-0.2, -0.15) is 5.21 Å². The number of nitrogens with zero attached hydrogens (tertiary/aromatic N) is 3. The van der Waals surface area contributed by atoms with Crippen molar-refractivity contribution in [2.45, 2.75) is 0 Å². The molecule has 1 aromatic carbocycles. The summed E-state index contributed by atoms with van der Waals surface area (Å²) in [6, 6.07) is 1.13. The minimum atomic E-state index is -1.64. The van der Waals surface area contributed by atoms with Crippen molar-refractivity contribution < 1.29 is 18.0 Å². The van der Waals surface area contributed by atoms with E-state index in [0.29, 0.717) is 12.1 Å². The molecule has 1 amide bonds. The maximum absolute atomic E-state index is 12.8. The normalized spacial score (nSPS) is 10.3. The molecule has 0 aliphatic rings. The Bertz CT molecular complexity index is 533. The van der Waals surface area contributed by atoms with E-state index in [4.69, 9.17) is 0 Å². The molecule has 0 bridgehead atoms. The fourth-order valence-corrected chi connectivity index (χ4v) is 1.08. The standard InChI is InChI=1S/C8H4F3N5O/c9-4-1-3(2-5(10)6(4)11)7(17)12-8-13-15-16-14-8/h1-2H,(H2,12,13,14,15,16,17). The van der Waals surface area contributed by atoms with Crippen LogP contribution < -0.4 is 5.32 Å². The van der Waals surface area contributed by atoms with Gasteiger partial charge in [0.25, 0.3) is 11.9 Å². The molecule has 0 aliphatic heterocycles. The molecule has 0 radical (unpaired) electrons. The third-order valence-corrected chi connectivity index (χ3v) is 1.82. The number of benzene rings is 1. The van der Waals surface area contributed by atoms with Crippen molar-refractivity contribution in [1.29, 1.82) is 0 Å². The van der Waals surface area contributed by atoms with Crippen LogP contribution in [0, 0.1) is 17.5 Å². The number of rotatable bonds is 2. The molecular weight excluding hydrogens is 239 g/mol. The van der Waals surface area contributed by atoms with E-state index < -0.39 is 28.9 Å². The Kier molecular flexibility index (Phi) is 2.73. The molecule has 1 aromatic heterocycles. The number of aromatic amines is 1. The Morgan fingerprint density at radius 3 is 2.41 bits per heavy atom. The van der Waals surface area contributed by atoms with Crippen molar-refractivity contribution >= 4 is 11.9 Å². The third kappa shape index (κ3) is 2.22. The molecule has 0 aliphatic carbocycles. The Morgan fingerprint density at radius 1 is 1.24 bits per heavy atom. The summed E-state index contributed by atoms with van der Waals surface area (Å²) in [5, 5.41) is 14.1. The summed E-state index contributed by atoms with van der Waals surface area (Å²) in [7, 11) is 0. The van der Waals surface area contributed by atoms with Crippen molar-refractivity contribution in [2.24, 2.45) is 0 Å². The van der Waals surface area contributed by atoms with E-state index in [-0.39, 0.29) is 5.95 Å². The summed E-state index contributed by atoms with van der Waals surface area (Å²) < 4.78 is 38.3. The zero-order valence-electron chi connectivity index (χ0n) is 8.04. The molecule has 9 heteroatoms. The quantitative estimate of drug-likeness (QED) is 0.766. The highest BCUT2D eigenvalue weighted by atomic mass is 19.2. The highest BCUT2D eigenvalue weighted by molar-refractivity contribution is 6.03. The van der Waals surface area contributed by atoms with Crippen LogP contribution in [0.1, 0.15) is 10.4 Å². The van der Waals surface area contributed by atoms with Gasteiger partial charge in [0.05, 0.1) is 0 Å². The van der Waals surface area contributed by atoms with E-state index in [1.807, 2.05) is 0 Å². The second-order valence-electron chi connectivity index (χ2n) is 2.94. The number of amides is 1. The van der Waals surface area contributed by atoms with Gasteiger partial charge in [-0.05, 0) is 17.3 Å². The van der Waals surface area contributed by atoms with Crippen molar-refractivity contribution in [3.8, 4) is 0 Å². The van der Waals surface area contributed by atoms with Gasteiger partial charge in [-0.25, -0.2) is 13.2 Å². The molecule has 6 nitrogen and oxygen atoms in total. The maximum Gasteiger partial charge on any atom is 0.270 e. The first-order valence-electron chi connectivity index (χ1n) is 4.27. The molecule has 2 N–H and O–H groups in total. The molecule has 17 heavy (non-hydrogen) atoms. The van der Waals surface area contributed by atoms with E-state index in [1.165, 1.54) is 0 Å². The fraction of sp³-hybridized carbons (Fsp3) is 0. The monoisotopic (exact) mass is 243 g/mol. The zero-order chi connectivity index (χ0) is 12.4. The van der Waals surface area contributed by atoms with Crippen LogP contribution in [0.3, 0.4) is 0 Å². The van der Waals surface area contributed by atoms with Crippen molar-refractivity contribution in [3.05, 3.63) is 35.1 Å². The Morgan fingerprint density at radius 2 is 1.88 bits per heavy atom. The number of carbonyl (C=O) groups is 1. The highest BCUT2D eigenvalue weighted by Crippen LogP contribution is 2.14. The van der Waals surface area contributed by atoms with Gasteiger partial charge in [-0.1, -0.05) is 5.10 Å². The SMILES string of the molecule is O=C(Nc1nn[nH]n1)c1cc(F)c(F)c(F)c1. The van der Waals surface area contributed by atoms with Gasteiger partial charge in [0.1, 0.15) is 0 Å². The molecule has 0 saturated heterocycles. The molecule has 1 heterocycles. The predicted molar refractivity (Wildman–Crippen MR) is 48.4 cm³/mol. The van der Waals surface area contributed by atoms with Crippen LogP contribution >= 0.6 is 0 Å². The molecule has 88 valence electrons. The topological polar surface area (TPSA) is 83.6 Å². The first-order valence-corrected chi connectivity index (χ1v) is 4.27. The smallest absolute Gasteiger partial charge is 0.270 e. The van der Waals surface area contributed by atoms with Gasteiger partial charge in [0.15, 0.2) is 17.5 Å². The summed E-state index contributed by atoms with van der Waals surface area (Å²) in [5.41, 5.74) is -0.397. The number of carbonyl (C=O) groups excluding carboxylic acids is 1. The van der Waals surface area contributed by atoms with Gasteiger partial charge in [-0.3, -0.25) is 10.1 Å². The summed E-state index contributed by atoms with van der Waals surface area (Å²) >= 11 is 0. The summed E-state index contributed by atoms with van der Waals surface area (Å²) in [6.07, 6.45) is 0. The number of hydrogen-bond donors (Lipinski definition) is 2. The van der Waals surface area contributed by atoms with Crippen LogP contribution in [0.15, 0.2) is 12.1 Å². The van der Waals surface area contributed by atoms with Gasteiger partial charge in [0, 0.05) is 5.56 Å². The van der Waals surface area contributed by atoms with Crippen LogP contribution in [-0.4, -0.2) is 26.5 Å². The average molecular weight is 243 g/mol. The van der Waals surface area contributed by atoms with Crippen molar-refractivity contribution in [2.75, 3.05) is 5.32 Å². The fourth-order valence-electron chi connectivity index (χ4n) is 1.08. The maximum atomic E-state index is 12.8. The van der Waals surface area contributed by atoms with E-state index in [1.54, 1.807) is 0 Å². The molecule has 0 spiro atoms. The van der Waals surface area contributed by atoms with E-state index in [2.05, 4.69) is 25.9 Å². The molecule has 2 rings (SSSR count). The van der Waals surface area contributed by atoms with Gasteiger partial charge in [0.2, 0.25) is 0 Å². The van der Waals surface area contributed by atoms with Crippen LogP contribution in [0.2, 0.25) is 0 Å². The number of anilines is 1. The van der Waals surface area contributed by atoms with Crippen molar-refractivity contribution in [3.63, 3.8) is 0 Å². The summed E-state index contributed by atoms with van der Waals surface area (Å²) in [5.74, 6) is -5.60. The van der Waals surface area contributed by atoms with Crippen LogP contribution in [-0.2, 0) is 0 Å². The van der Waals surface area contributed by atoms with Crippen molar-refractivity contribution in [1.82, 2.24) is 20.6 Å². The lowest BCUT2D eigenvalue weighted by molar-refractivity contribution is 0.102. The Balaban J connectivity index is 2.26. The second kappa shape index (κ2) is 4.20. The van der Waals surface area contributed by atoms with E-state index >= 15 is 0 Å². The number of nitrogens with one attached hydrogen (secondary N) is 2. The lowest BCUT2D eigenvalue weighted by Crippen LogP contribution is -2.14. The molecular formula is C8H4F3N5O. The molecule has 0 unspecified atom stereocenters. The molecule has 2 aromatic rings. The third-order valence-electron chi connectivity index (χ3n) is 1.82. The predicted octanol–water partition coefficient (Wildman–Crippen LogP) is 0.869. The molecule has 0 atom stereocenters. The van der Waals surface area contributed by atoms with Gasteiger partial charge >= 0.3 is 0 Å². The minimum absolute atomic E-state index is 0.167. The molecule has 0 saturated carbocycles. The largest absolute Gasteiger partial charge is 0.288 e. The van der Waals surface area contributed by atoms with E-state index in [9.17, 15) is 18.0 Å². The Labute approximate surface area is 91.8 Å². The minimum Gasteiger partial charge on any atom is -0.288 e. The number of aromatic nitrogens is 4. The number of hydrogen-bond acceptors (Lipinski definition) is 4. The number of H-pyrrole nitrogens is 1. The van der Waals surface area contributed by atoms with Crippen LogP contribution in [0.25, 0.3) is 0 Å². The lowest BCUT2D eigenvalue weighted by atomic mass is 10.2.